The van der Waals surface area contributed by atoms with Crippen LogP contribution in [0.3, 0.4) is 0 Å². The van der Waals surface area contributed by atoms with Crippen LogP contribution in [-0.2, 0) is 0 Å². The zero-order valence-corrected chi connectivity index (χ0v) is 11.0. The lowest BCUT2D eigenvalue weighted by atomic mass is 10.1. The van der Waals surface area contributed by atoms with Crippen LogP contribution in [-0.4, -0.2) is 5.91 Å². The van der Waals surface area contributed by atoms with Crippen LogP contribution in [0.5, 0.6) is 0 Å². The minimum Gasteiger partial charge on any atom is -0.345 e. The van der Waals surface area contributed by atoms with Crippen LogP contribution in [0.25, 0.3) is 0 Å². The molecule has 0 fully saturated rings. The standard InChI is InChI=1S/C15H11F4NO/c1-8(10-6-5-9(16)7-13(10)19)20-15(21)14-11(17)3-2-4-12(14)18/h2-8H,1H3,(H,20,21). The molecule has 110 valence electrons. The molecule has 0 radical (unpaired) electrons. The van der Waals surface area contributed by atoms with Crippen molar-refractivity contribution in [2.24, 2.45) is 0 Å². The zero-order chi connectivity index (χ0) is 15.6. The van der Waals surface area contributed by atoms with E-state index in [1.165, 1.54) is 6.92 Å². The Morgan fingerprint density at radius 2 is 1.62 bits per heavy atom. The van der Waals surface area contributed by atoms with Crippen LogP contribution in [0.2, 0.25) is 0 Å². The lowest BCUT2D eigenvalue weighted by Gasteiger charge is -2.15. The van der Waals surface area contributed by atoms with Crippen LogP contribution < -0.4 is 5.32 Å². The molecule has 0 aliphatic rings. The van der Waals surface area contributed by atoms with Crippen LogP contribution in [0.15, 0.2) is 36.4 Å². The van der Waals surface area contributed by atoms with E-state index in [1.807, 2.05) is 0 Å². The van der Waals surface area contributed by atoms with Gasteiger partial charge in [-0.2, -0.15) is 0 Å². The average molecular weight is 297 g/mol. The molecule has 2 nitrogen and oxygen atoms in total. The highest BCUT2D eigenvalue weighted by atomic mass is 19.1. The maximum Gasteiger partial charge on any atom is 0.257 e. The Morgan fingerprint density at radius 3 is 2.19 bits per heavy atom. The summed E-state index contributed by atoms with van der Waals surface area (Å²) in [6.07, 6.45) is 0. The third-order valence-electron chi connectivity index (χ3n) is 2.97. The molecule has 6 heteroatoms. The third-order valence-corrected chi connectivity index (χ3v) is 2.97. The van der Waals surface area contributed by atoms with E-state index >= 15 is 0 Å². The summed E-state index contributed by atoms with van der Waals surface area (Å²) in [5.41, 5.74) is -0.728. The smallest absolute Gasteiger partial charge is 0.257 e. The van der Waals surface area contributed by atoms with Gasteiger partial charge >= 0.3 is 0 Å². The van der Waals surface area contributed by atoms with Gasteiger partial charge in [-0.25, -0.2) is 17.6 Å². The molecule has 0 saturated heterocycles. The van der Waals surface area contributed by atoms with Gasteiger partial charge in [0.15, 0.2) is 0 Å². The number of carbonyl (C=O) groups is 1. The van der Waals surface area contributed by atoms with E-state index in [1.54, 1.807) is 0 Å². The Hall–Kier alpha value is -2.37. The van der Waals surface area contributed by atoms with E-state index in [-0.39, 0.29) is 5.56 Å². The molecule has 0 aliphatic heterocycles. The molecule has 0 saturated carbocycles. The summed E-state index contributed by atoms with van der Waals surface area (Å²) in [6, 6.07) is 5.00. The highest BCUT2D eigenvalue weighted by Gasteiger charge is 2.20. The van der Waals surface area contributed by atoms with Gasteiger partial charge in [0.05, 0.1) is 6.04 Å². The Balaban J connectivity index is 2.23. The van der Waals surface area contributed by atoms with E-state index in [0.717, 1.165) is 30.3 Å². The van der Waals surface area contributed by atoms with Gasteiger partial charge in [-0.3, -0.25) is 4.79 Å². The number of amides is 1. The molecule has 2 aromatic rings. The molecule has 2 aromatic carbocycles. The molecule has 2 rings (SSSR count). The van der Waals surface area contributed by atoms with Gasteiger partial charge in [-0.1, -0.05) is 12.1 Å². The van der Waals surface area contributed by atoms with Gasteiger partial charge in [0.2, 0.25) is 0 Å². The molecule has 0 heterocycles. The van der Waals surface area contributed by atoms with E-state index in [4.69, 9.17) is 0 Å². The first-order valence-electron chi connectivity index (χ1n) is 6.10. The van der Waals surface area contributed by atoms with E-state index in [2.05, 4.69) is 5.32 Å². The Morgan fingerprint density at radius 1 is 1.00 bits per heavy atom. The topological polar surface area (TPSA) is 29.1 Å². The van der Waals surface area contributed by atoms with E-state index < -0.39 is 40.8 Å². The molecular formula is C15H11F4NO. The lowest BCUT2D eigenvalue weighted by Crippen LogP contribution is -2.29. The minimum absolute atomic E-state index is 0.0153. The molecule has 1 N–H and O–H groups in total. The Kier molecular flexibility index (Phi) is 4.26. The average Bonchev–Trinajstić information content (AvgIpc) is 2.37. The van der Waals surface area contributed by atoms with Crippen LogP contribution >= 0.6 is 0 Å². The minimum atomic E-state index is -1.01. The quantitative estimate of drug-likeness (QED) is 0.859. The predicted octanol–water partition coefficient (Wildman–Crippen LogP) is 3.73. The summed E-state index contributed by atoms with van der Waals surface area (Å²) in [5.74, 6) is -4.65. The van der Waals surface area contributed by atoms with Crippen LogP contribution in [0.4, 0.5) is 17.6 Å². The lowest BCUT2D eigenvalue weighted by molar-refractivity contribution is 0.0931. The molecule has 1 amide bonds. The second-order valence-electron chi connectivity index (χ2n) is 4.46. The van der Waals surface area contributed by atoms with E-state index in [9.17, 15) is 22.4 Å². The van der Waals surface area contributed by atoms with Gasteiger partial charge < -0.3 is 5.32 Å². The van der Waals surface area contributed by atoms with Crippen LogP contribution in [0, 0.1) is 23.3 Å². The fourth-order valence-electron chi connectivity index (χ4n) is 1.91. The number of hydrogen-bond acceptors (Lipinski definition) is 1. The van der Waals surface area contributed by atoms with Gasteiger partial charge in [-0.05, 0) is 25.1 Å². The molecule has 0 spiro atoms. The van der Waals surface area contributed by atoms with Crippen LogP contribution in [0.1, 0.15) is 28.9 Å². The molecular weight excluding hydrogens is 286 g/mol. The molecule has 1 unspecified atom stereocenters. The largest absolute Gasteiger partial charge is 0.345 e. The first kappa shape index (κ1) is 15.0. The fourth-order valence-corrected chi connectivity index (χ4v) is 1.91. The first-order valence-corrected chi connectivity index (χ1v) is 6.10. The van der Waals surface area contributed by atoms with Crippen molar-refractivity contribution in [1.29, 1.82) is 0 Å². The summed E-state index contributed by atoms with van der Waals surface area (Å²) in [6.45, 7) is 1.42. The van der Waals surface area contributed by atoms with Crippen molar-refractivity contribution in [3.8, 4) is 0 Å². The second kappa shape index (κ2) is 5.95. The summed E-state index contributed by atoms with van der Waals surface area (Å²) in [5, 5.41) is 2.27. The molecule has 1 atom stereocenters. The maximum atomic E-state index is 13.6. The van der Waals surface area contributed by atoms with Gasteiger partial charge in [0.25, 0.3) is 5.91 Å². The second-order valence-corrected chi connectivity index (χ2v) is 4.46. The van der Waals surface area contributed by atoms with Crippen molar-refractivity contribution in [1.82, 2.24) is 5.32 Å². The van der Waals surface area contributed by atoms with Crippen molar-refractivity contribution in [2.45, 2.75) is 13.0 Å². The normalized spacial score (nSPS) is 12.0. The summed E-state index contributed by atoms with van der Waals surface area (Å²) >= 11 is 0. The molecule has 0 bridgehead atoms. The summed E-state index contributed by atoms with van der Waals surface area (Å²) < 4.78 is 53.3. The highest BCUT2D eigenvalue weighted by Crippen LogP contribution is 2.19. The molecule has 21 heavy (non-hydrogen) atoms. The number of halogens is 4. The fraction of sp³-hybridized carbons (Fsp3) is 0.133. The maximum absolute atomic E-state index is 13.6. The van der Waals surface area contributed by atoms with Crippen molar-refractivity contribution >= 4 is 5.91 Å². The number of carbonyl (C=O) groups excluding carboxylic acids is 1. The number of nitrogens with one attached hydrogen (secondary N) is 1. The van der Waals surface area contributed by atoms with Gasteiger partial charge in [-0.15, -0.1) is 0 Å². The Bertz CT molecular complexity index is 667. The predicted molar refractivity (Wildman–Crippen MR) is 68.6 cm³/mol. The van der Waals surface area contributed by atoms with Crippen molar-refractivity contribution in [3.05, 3.63) is 70.8 Å². The molecule has 0 aliphatic carbocycles. The van der Waals surface area contributed by atoms with Crippen molar-refractivity contribution in [3.63, 3.8) is 0 Å². The first-order chi connectivity index (χ1) is 9.90. The van der Waals surface area contributed by atoms with Crippen molar-refractivity contribution < 1.29 is 22.4 Å². The SMILES string of the molecule is CC(NC(=O)c1c(F)cccc1F)c1ccc(F)cc1F. The Labute approximate surface area is 118 Å². The van der Waals surface area contributed by atoms with Gasteiger partial charge in [0, 0.05) is 11.6 Å². The summed E-state index contributed by atoms with van der Waals surface area (Å²) in [4.78, 5) is 11.9. The molecule has 0 aromatic heterocycles. The van der Waals surface area contributed by atoms with E-state index in [0.29, 0.717) is 6.07 Å². The van der Waals surface area contributed by atoms with Gasteiger partial charge in [0.1, 0.15) is 28.8 Å². The van der Waals surface area contributed by atoms with Crippen molar-refractivity contribution in [2.75, 3.05) is 0 Å². The number of hydrogen-bond donors (Lipinski definition) is 1. The summed E-state index contributed by atoms with van der Waals surface area (Å²) in [7, 11) is 0. The third kappa shape index (κ3) is 3.21. The number of benzene rings is 2. The highest BCUT2D eigenvalue weighted by molar-refractivity contribution is 5.95. The monoisotopic (exact) mass is 297 g/mol. The zero-order valence-electron chi connectivity index (χ0n) is 11.0. The number of rotatable bonds is 3.